The number of ether oxygens (including phenoxy) is 2. The molecule has 1 N–H and O–H groups in total. The minimum Gasteiger partial charge on any atom is -0.468 e. The summed E-state index contributed by atoms with van der Waals surface area (Å²) in [6.45, 7) is 2.54. The molecule has 0 bridgehead atoms. The van der Waals surface area contributed by atoms with Gasteiger partial charge in [0, 0.05) is 20.1 Å². The molecule has 0 spiro atoms. The number of esters is 1. The second kappa shape index (κ2) is 3.41. The van der Waals surface area contributed by atoms with E-state index in [4.69, 9.17) is 4.74 Å². The van der Waals surface area contributed by atoms with Gasteiger partial charge in [0.2, 0.25) is 0 Å². The van der Waals surface area contributed by atoms with Gasteiger partial charge in [-0.05, 0) is 6.92 Å². The second-order valence-corrected chi connectivity index (χ2v) is 3.27. The van der Waals surface area contributed by atoms with E-state index in [1.807, 2.05) is 6.92 Å². The average molecular weight is 173 g/mol. The van der Waals surface area contributed by atoms with Crippen molar-refractivity contribution in [1.82, 2.24) is 5.32 Å². The molecule has 0 amide bonds. The van der Waals surface area contributed by atoms with E-state index in [0.717, 1.165) is 0 Å². The van der Waals surface area contributed by atoms with Crippen LogP contribution in [0.1, 0.15) is 13.3 Å². The zero-order valence-electron chi connectivity index (χ0n) is 7.72. The van der Waals surface area contributed by atoms with Crippen LogP contribution < -0.4 is 5.32 Å². The molecule has 0 aromatic heterocycles. The molecule has 2 atom stereocenters. The largest absolute Gasteiger partial charge is 0.468 e. The van der Waals surface area contributed by atoms with E-state index < -0.39 is 5.54 Å². The Morgan fingerprint density at radius 3 is 2.67 bits per heavy atom. The molecule has 4 heteroatoms. The first kappa shape index (κ1) is 9.48. The Hall–Kier alpha value is -0.610. The summed E-state index contributed by atoms with van der Waals surface area (Å²) in [5.74, 6) is -0.220. The standard InChI is InChI=1S/C8H15NO3/c1-8(7(10)12-3)4-6(11-2)5-9-8/h6,9H,4-5H2,1-3H3/t6-,8-/m1/s1. The minimum absolute atomic E-state index is 0.120. The molecule has 1 rings (SSSR count). The number of hydrogen-bond acceptors (Lipinski definition) is 4. The van der Waals surface area contributed by atoms with Crippen molar-refractivity contribution in [1.29, 1.82) is 0 Å². The molecule has 1 aliphatic rings. The van der Waals surface area contributed by atoms with E-state index in [1.54, 1.807) is 7.11 Å². The highest BCUT2D eigenvalue weighted by atomic mass is 16.5. The van der Waals surface area contributed by atoms with E-state index in [2.05, 4.69) is 10.1 Å². The van der Waals surface area contributed by atoms with Gasteiger partial charge in [-0.15, -0.1) is 0 Å². The summed E-state index contributed by atoms with van der Waals surface area (Å²) in [5, 5.41) is 3.09. The molecule has 0 aromatic carbocycles. The van der Waals surface area contributed by atoms with Crippen LogP contribution in [-0.2, 0) is 14.3 Å². The van der Waals surface area contributed by atoms with Gasteiger partial charge >= 0.3 is 5.97 Å². The molecule has 1 aliphatic heterocycles. The predicted octanol–water partition coefficient (Wildman–Crippen LogP) is -0.0736. The molecule has 1 heterocycles. The zero-order chi connectivity index (χ0) is 9.19. The number of methoxy groups -OCH3 is 2. The lowest BCUT2D eigenvalue weighted by Crippen LogP contribution is -2.45. The fraction of sp³-hybridized carbons (Fsp3) is 0.875. The third-order valence-electron chi connectivity index (χ3n) is 2.33. The molecule has 70 valence electrons. The van der Waals surface area contributed by atoms with E-state index >= 15 is 0 Å². The highest BCUT2D eigenvalue weighted by Crippen LogP contribution is 2.21. The van der Waals surface area contributed by atoms with Gasteiger partial charge in [-0.1, -0.05) is 0 Å². The summed E-state index contributed by atoms with van der Waals surface area (Å²) in [5.41, 5.74) is -0.560. The number of carbonyl (C=O) groups is 1. The van der Waals surface area contributed by atoms with Gasteiger partial charge in [0.05, 0.1) is 13.2 Å². The Bertz CT molecular complexity index is 183. The molecule has 0 radical (unpaired) electrons. The number of carbonyl (C=O) groups excluding carboxylic acids is 1. The number of hydrogen-bond donors (Lipinski definition) is 1. The van der Waals surface area contributed by atoms with Gasteiger partial charge in [-0.2, -0.15) is 0 Å². The van der Waals surface area contributed by atoms with Crippen molar-refractivity contribution in [3.8, 4) is 0 Å². The maximum atomic E-state index is 11.3. The summed E-state index contributed by atoms with van der Waals surface area (Å²) in [7, 11) is 3.05. The summed E-state index contributed by atoms with van der Waals surface area (Å²) < 4.78 is 9.80. The normalized spacial score (nSPS) is 35.1. The SMILES string of the molecule is COC(=O)[C@@]1(C)C[C@@H](OC)CN1. The topological polar surface area (TPSA) is 47.6 Å². The maximum Gasteiger partial charge on any atom is 0.325 e. The molecule has 0 unspecified atom stereocenters. The highest BCUT2D eigenvalue weighted by Gasteiger charge is 2.41. The van der Waals surface area contributed by atoms with Crippen molar-refractivity contribution in [2.24, 2.45) is 0 Å². The lowest BCUT2D eigenvalue weighted by molar-refractivity contribution is -0.147. The maximum absolute atomic E-state index is 11.3. The van der Waals surface area contributed by atoms with Gasteiger partial charge in [0.15, 0.2) is 0 Å². The summed E-state index contributed by atoms with van der Waals surface area (Å²) in [4.78, 5) is 11.3. The van der Waals surface area contributed by atoms with Crippen LogP contribution in [0.15, 0.2) is 0 Å². The van der Waals surface area contributed by atoms with Gasteiger partial charge < -0.3 is 9.47 Å². The van der Waals surface area contributed by atoms with Crippen LogP contribution in [0, 0.1) is 0 Å². The summed E-state index contributed by atoms with van der Waals surface area (Å²) in [6.07, 6.45) is 0.796. The van der Waals surface area contributed by atoms with Crippen LogP contribution in [0.25, 0.3) is 0 Å². The van der Waals surface area contributed by atoms with Gasteiger partial charge in [0.1, 0.15) is 5.54 Å². The van der Waals surface area contributed by atoms with Crippen molar-refractivity contribution in [3.63, 3.8) is 0 Å². The van der Waals surface area contributed by atoms with Crippen molar-refractivity contribution in [2.75, 3.05) is 20.8 Å². The molecule has 1 saturated heterocycles. The van der Waals surface area contributed by atoms with Crippen LogP contribution in [-0.4, -0.2) is 38.4 Å². The third kappa shape index (κ3) is 1.59. The molecule has 0 saturated carbocycles. The molecular formula is C8H15NO3. The Labute approximate surface area is 72.2 Å². The molecular weight excluding hydrogens is 158 g/mol. The molecule has 12 heavy (non-hydrogen) atoms. The van der Waals surface area contributed by atoms with E-state index in [0.29, 0.717) is 13.0 Å². The lowest BCUT2D eigenvalue weighted by Gasteiger charge is -2.20. The van der Waals surface area contributed by atoms with Crippen LogP contribution in [0.4, 0.5) is 0 Å². The highest BCUT2D eigenvalue weighted by molar-refractivity contribution is 5.80. The summed E-state index contributed by atoms with van der Waals surface area (Å²) in [6, 6.07) is 0. The van der Waals surface area contributed by atoms with E-state index in [-0.39, 0.29) is 12.1 Å². The van der Waals surface area contributed by atoms with Crippen molar-refractivity contribution in [2.45, 2.75) is 25.0 Å². The average Bonchev–Trinajstić information content (AvgIpc) is 2.47. The Balaban J connectivity index is 2.57. The molecule has 0 aliphatic carbocycles. The first-order valence-electron chi connectivity index (χ1n) is 3.98. The fourth-order valence-electron chi connectivity index (χ4n) is 1.49. The lowest BCUT2D eigenvalue weighted by atomic mass is 10.00. The molecule has 0 aromatic rings. The quantitative estimate of drug-likeness (QED) is 0.594. The summed E-state index contributed by atoms with van der Waals surface area (Å²) >= 11 is 0. The number of rotatable bonds is 2. The van der Waals surface area contributed by atoms with Crippen molar-refractivity contribution >= 4 is 5.97 Å². The van der Waals surface area contributed by atoms with Gasteiger partial charge in [-0.3, -0.25) is 10.1 Å². The Morgan fingerprint density at radius 1 is 1.58 bits per heavy atom. The first-order chi connectivity index (χ1) is 5.62. The predicted molar refractivity (Wildman–Crippen MR) is 43.8 cm³/mol. The minimum atomic E-state index is -0.560. The Kier molecular flexibility index (Phi) is 2.69. The van der Waals surface area contributed by atoms with Crippen LogP contribution in [0.2, 0.25) is 0 Å². The van der Waals surface area contributed by atoms with Gasteiger partial charge in [0.25, 0.3) is 0 Å². The number of nitrogens with one attached hydrogen (secondary N) is 1. The second-order valence-electron chi connectivity index (χ2n) is 3.27. The molecule has 4 nitrogen and oxygen atoms in total. The monoisotopic (exact) mass is 173 g/mol. The third-order valence-corrected chi connectivity index (χ3v) is 2.33. The van der Waals surface area contributed by atoms with Crippen LogP contribution >= 0.6 is 0 Å². The van der Waals surface area contributed by atoms with E-state index in [1.165, 1.54) is 7.11 Å². The van der Waals surface area contributed by atoms with Crippen molar-refractivity contribution < 1.29 is 14.3 Å². The van der Waals surface area contributed by atoms with Crippen LogP contribution in [0.3, 0.4) is 0 Å². The van der Waals surface area contributed by atoms with E-state index in [9.17, 15) is 4.79 Å². The Morgan fingerprint density at radius 2 is 2.25 bits per heavy atom. The zero-order valence-corrected chi connectivity index (χ0v) is 7.72. The van der Waals surface area contributed by atoms with Crippen LogP contribution in [0.5, 0.6) is 0 Å². The fourth-order valence-corrected chi connectivity index (χ4v) is 1.49. The van der Waals surface area contributed by atoms with Gasteiger partial charge in [-0.25, -0.2) is 0 Å². The first-order valence-corrected chi connectivity index (χ1v) is 3.98. The molecule has 1 fully saturated rings. The van der Waals surface area contributed by atoms with Crippen molar-refractivity contribution in [3.05, 3.63) is 0 Å². The smallest absolute Gasteiger partial charge is 0.325 e.